The van der Waals surface area contributed by atoms with Crippen molar-refractivity contribution in [2.75, 3.05) is 5.32 Å². The van der Waals surface area contributed by atoms with Crippen molar-refractivity contribution >= 4 is 11.4 Å². The van der Waals surface area contributed by atoms with Gasteiger partial charge in [-0.05, 0) is 73.2 Å². The van der Waals surface area contributed by atoms with Crippen molar-refractivity contribution in [2.24, 2.45) is 0 Å². The number of hydrogen-bond donors (Lipinski definition) is 1. The standard InChI is InChI=1S/C22H22FN/c1-16-8-9-19(11-10-18-6-4-3-5-7-18)15-22(16)24-20-12-13-21(23)17(2)14-20/h3-9,12-15,24H,10-11H2,1-2H3. The maximum atomic E-state index is 13.4. The molecule has 0 fully saturated rings. The highest BCUT2D eigenvalue weighted by Crippen LogP contribution is 2.24. The Morgan fingerprint density at radius 1 is 0.750 bits per heavy atom. The average Bonchev–Trinajstić information content (AvgIpc) is 2.60. The monoisotopic (exact) mass is 319 g/mol. The molecule has 0 aromatic heterocycles. The maximum absolute atomic E-state index is 13.4. The molecule has 122 valence electrons. The van der Waals surface area contributed by atoms with Gasteiger partial charge in [0.05, 0.1) is 0 Å². The van der Waals surface area contributed by atoms with Gasteiger partial charge in [0, 0.05) is 11.4 Å². The molecule has 3 aromatic rings. The lowest BCUT2D eigenvalue weighted by molar-refractivity contribution is 0.619. The fraction of sp³-hybridized carbons (Fsp3) is 0.182. The van der Waals surface area contributed by atoms with Crippen LogP contribution in [0.5, 0.6) is 0 Å². The van der Waals surface area contributed by atoms with Gasteiger partial charge in [-0.3, -0.25) is 0 Å². The van der Waals surface area contributed by atoms with Crippen molar-refractivity contribution in [2.45, 2.75) is 26.7 Å². The van der Waals surface area contributed by atoms with E-state index in [1.807, 2.05) is 12.1 Å². The van der Waals surface area contributed by atoms with E-state index in [0.29, 0.717) is 5.56 Å². The van der Waals surface area contributed by atoms with Crippen LogP contribution in [0, 0.1) is 19.7 Å². The summed E-state index contributed by atoms with van der Waals surface area (Å²) in [5, 5.41) is 3.41. The van der Waals surface area contributed by atoms with E-state index in [9.17, 15) is 4.39 Å². The zero-order valence-corrected chi connectivity index (χ0v) is 14.1. The van der Waals surface area contributed by atoms with Crippen LogP contribution in [0.25, 0.3) is 0 Å². The van der Waals surface area contributed by atoms with E-state index in [1.165, 1.54) is 22.8 Å². The van der Waals surface area contributed by atoms with E-state index >= 15 is 0 Å². The predicted octanol–water partition coefficient (Wildman–Crippen LogP) is 5.97. The molecule has 1 nitrogen and oxygen atoms in total. The lowest BCUT2D eigenvalue weighted by atomic mass is 10.0. The lowest BCUT2D eigenvalue weighted by Crippen LogP contribution is -1.97. The first-order valence-electron chi connectivity index (χ1n) is 8.28. The summed E-state index contributed by atoms with van der Waals surface area (Å²) in [7, 11) is 0. The first kappa shape index (κ1) is 16.3. The Labute approximate surface area is 143 Å². The number of benzene rings is 3. The molecule has 24 heavy (non-hydrogen) atoms. The molecule has 3 aromatic carbocycles. The predicted molar refractivity (Wildman–Crippen MR) is 99.4 cm³/mol. The van der Waals surface area contributed by atoms with E-state index in [-0.39, 0.29) is 5.82 Å². The van der Waals surface area contributed by atoms with Crippen LogP contribution in [-0.2, 0) is 12.8 Å². The van der Waals surface area contributed by atoms with Crippen molar-refractivity contribution < 1.29 is 4.39 Å². The summed E-state index contributed by atoms with van der Waals surface area (Å²) in [5.41, 5.74) is 6.47. The largest absolute Gasteiger partial charge is 0.355 e. The Balaban J connectivity index is 1.74. The second-order valence-corrected chi connectivity index (χ2v) is 6.22. The van der Waals surface area contributed by atoms with E-state index in [0.717, 1.165) is 24.2 Å². The minimum absolute atomic E-state index is 0.172. The first-order chi connectivity index (χ1) is 11.6. The van der Waals surface area contributed by atoms with E-state index in [2.05, 4.69) is 54.7 Å². The molecule has 0 atom stereocenters. The molecule has 0 heterocycles. The summed E-state index contributed by atoms with van der Waals surface area (Å²) >= 11 is 0. The van der Waals surface area contributed by atoms with Crippen LogP contribution >= 0.6 is 0 Å². The van der Waals surface area contributed by atoms with Gasteiger partial charge in [-0.25, -0.2) is 4.39 Å². The van der Waals surface area contributed by atoms with Crippen LogP contribution in [-0.4, -0.2) is 0 Å². The smallest absolute Gasteiger partial charge is 0.126 e. The second-order valence-electron chi connectivity index (χ2n) is 6.22. The van der Waals surface area contributed by atoms with Gasteiger partial charge in [-0.2, -0.15) is 0 Å². The van der Waals surface area contributed by atoms with Gasteiger partial charge in [0.2, 0.25) is 0 Å². The quantitative estimate of drug-likeness (QED) is 0.611. The van der Waals surface area contributed by atoms with Crippen molar-refractivity contribution in [3.05, 3.63) is 94.8 Å². The van der Waals surface area contributed by atoms with E-state index in [4.69, 9.17) is 0 Å². The summed E-state index contributed by atoms with van der Waals surface area (Å²) in [6, 6.07) is 22.2. The highest BCUT2D eigenvalue weighted by Gasteiger charge is 2.04. The van der Waals surface area contributed by atoms with Gasteiger partial charge in [0.15, 0.2) is 0 Å². The molecular weight excluding hydrogens is 297 g/mol. The number of rotatable bonds is 5. The minimum Gasteiger partial charge on any atom is -0.355 e. The zero-order valence-electron chi connectivity index (χ0n) is 14.1. The molecule has 0 saturated carbocycles. The van der Waals surface area contributed by atoms with Gasteiger partial charge in [0.1, 0.15) is 5.82 Å². The lowest BCUT2D eigenvalue weighted by Gasteiger charge is -2.13. The number of anilines is 2. The fourth-order valence-electron chi connectivity index (χ4n) is 2.77. The van der Waals surface area contributed by atoms with E-state index < -0.39 is 0 Å². The first-order valence-corrected chi connectivity index (χ1v) is 8.28. The van der Waals surface area contributed by atoms with Gasteiger partial charge in [0.25, 0.3) is 0 Å². The van der Waals surface area contributed by atoms with Crippen molar-refractivity contribution in [1.29, 1.82) is 0 Å². The van der Waals surface area contributed by atoms with Crippen LogP contribution in [0.3, 0.4) is 0 Å². The SMILES string of the molecule is Cc1cc(Nc2cc(CCc3ccccc3)ccc2C)ccc1F. The molecule has 0 spiro atoms. The molecule has 0 amide bonds. The molecule has 0 unspecified atom stereocenters. The average molecular weight is 319 g/mol. The van der Waals surface area contributed by atoms with Crippen LogP contribution in [0.15, 0.2) is 66.7 Å². The molecule has 0 bridgehead atoms. The van der Waals surface area contributed by atoms with Crippen molar-refractivity contribution in [3.63, 3.8) is 0 Å². The summed E-state index contributed by atoms with van der Waals surface area (Å²) < 4.78 is 13.4. The Kier molecular flexibility index (Phi) is 4.95. The summed E-state index contributed by atoms with van der Waals surface area (Å²) in [4.78, 5) is 0. The van der Waals surface area contributed by atoms with Gasteiger partial charge >= 0.3 is 0 Å². The zero-order chi connectivity index (χ0) is 16.9. The number of nitrogens with one attached hydrogen (secondary N) is 1. The van der Waals surface area contributed by atoms with E-state index in [1.54, 1.807) is 13.0 Å². The number of halogens is 1. The molecule has 1 N–H and O–H groups in total. The molecule has 3 rings (SSSR count). The van der Waals surface area contributed by atoms with Gasteiger partial charge in [-0.15, -0.1) is 0 Å². The Hall–Kier alpha value is -2.61. The van der Waals surface area contributed by atoms with Crippen LogP contribution < -0.4 is 5.32 Å². The maximum Gasteiger partial charge on any atom is 0.126 e. The topological polar surface area (TPSA) is 12.0 Å². The Morgan fingerprint density at radius 3 is 2.25 bits per heavy atom. The molecule has 0 aliphatic carbocycles. The van der Waals surface area contributed by atoms with Gasteiger partial charge in [-0.1, -0.05) is 42.5 Å². The highest BCUT2D eigenvalue weighted by molar-refractivity contribution is 5.64. The molecular formula is C22H22FN. The third-order valence-electron chi connectivity index (χ3n) is 4.28. The second kappa shape index (κ2) is 7.31. The van der Waals surface area contributed by atoms with Crippen LogP contribution in [0.1, 0.15) is 22.3 Å². The van der Waals surface area contributed by atoms with Crippen molar-refractivity contribution in [1.82, 2.24) is 0 Å². The third kappa shape index (κ3) is 4.02. The Morgan fingerprint density at radius 2 is 1.50 bits per heavy atom. The fourth-order valence-corrected chi connectivity index (χ4v) is 2.77. The summed E-state index contributed by atoms with van der Waals surface area (Å²) in [6.07, 6.45) is 2.03. The third-order valence-corrected chi connectivity index (χ3v) is 4.28. The highest BCUT2D eigenvalue weighted by atomic mass is 19.1. The van der Waals surface area contributed by atoms with Crippen LogP contribution in [0.4, 0.5) is 15.8 Å². The van der Waals surface area contributed by atoms with Gasteiger partial charge < -0.3 is 5.32 Å². The minimum atomic E-state index is -0.172. The molecule has 0 radical (unpaired) electrons. The molecule has 0 saturated heterocycles. The summed E-state index contributed by atoms with van der Waals surface area (Å²) in [6.45, 7) is 3.86. The summed E-state index contributed by atoms with van der Waals surface area (Å²) in [5.74, 6) is -0.172. The van der Waals surface area contributed by atoms with Crippen molar-refractivity contribution in [3.8, 4) is 0 Å². The molecule has 0 aliphatic rings. The van der Waals surface area contributed by atoms with Crippen LogP contribution in [0.2, 0.25) is 0 Å². The normalized spacial score (nSPS) is 10.6. The number of aryl methyl sites for hydroxylation is 4. The Bertz CT molecular complexity index is 825. The number of hydrogen-bond acceptors (Lipinski definition) is 1. The molecule has 2 heteroatoms. The molecule has 0 aliphatic heterocycles.